The average molecular weight is 214 g/mol. The van der Waals surface area contributed by atoms with Crippen LogP contribution in [-0.2, 0) is 0 Å². The Hall–Kier alpha value is -1.43. The zero-order valence-corrected chi connectivity index (χ0v) is 7.94. The summed E-state index contributed by atoms with van der Waals surface area (Å²) in [4.78, 5) is 24.0. The van der Waals surface area contributed by atoms with Crippen molar-refractivity contribution in [2.24, 2.45) is 5.92 Å². The Labute approximate surface area is 84.2 Å². The lowest BCUT2D eigenvalue weighted by Crippen LogP contribution is -2.41. The third kappa shape index (κ3) is 1.61. The van der Waals surface area contributed by atoms with E-state index in [1.165, 1.54) is 0 Å². The zero-order valence-electron chi connectivity index (χ0n) is 7.94. The van der Waals surface area contributed by atoms with Crippen LogP contribution < -0.4 is 11.2 Å². The molecule has 1 heterocycles. The largest absolute Gasteiger partial charge is 0.396 e. The molecule has 2 atom stereocenters. The Balaban J connectivity index is 2.41. The number of nitrogens with one attached hydrogen (secondary N) is 1. The van der Waals surface area contributed by atoms with Crippen molar-refractivity contribution >= 4 is 0 Å². The molecule has 1 aliphatic carbocycles. The Kier molecular flexibility index (Phi) is 2.44. The zero-order chi connectivity index (χ0) is 11.0. The Bertz CT molecular complexity index is 477. The molecular weight excluding hydrogens is 203 g/mol. The number of nitrogens with zero attached hydrogens (tertiary/aromatic N) is 1. The molecule has 5 nitrogen and oxygen atoms in total. The molecule has 1 aromatic heterocycles. The summed E-state index contributed by atoms with van der Waals surface area (Å²) in [7, 11) is 0. The van der Waals surface area contributed by atoms with Crippen LogP contribution in [0.15, 0.2) is 15.8 Å². The number of hydrogen-bond acceptors (Lipinski definition) is 3. The van der Waals surface area contributed by atoms with Gasteiger partial charge in [0.05, 0.1) is 6.20 Å². The molecule has 1 aromatic rings. The van der Waals surface area contributed by atoms with Crippen LogP contribution in [0.4, 0.5) is 4.39 Å². The number of aliphatic hydroxyl groups excluding tert-OH is 1. The van der Waals surface area contributed by atoms with Crippen LogP contribution in [0.1, 0.15) is 18.9 Å². The van der Waals surface area contributed by atoms with Gasteiger partial charge in [-0.1, -0.05) is 0 Å². The highest BCUT2D eigenvalue weighted by atomic mass is 19.1. The number of aromatic amines is 1. The fourth-order valence-electron chi connectivity index (χ4n) is 1.84. The molecule has 2 rings (SSSR count). The van der Waals surface area contributed by atoms with Crippen LogP contribution in [0.2, 0.25) is 0 Å². The maximum atomic E-state index is 12.9. The van der Waals surface area contributed by atoms with Gasteiger partial charge in [0.2, 0.25) is 5.82 Å². The number of aliphatic hydroxyl groups is 1. The summed E-state index contributed by atoms with van der Waals surface area (Å²) in [6.07, 6.45) is 2.44. The summed E-state index contributed by atoms with van der Waals surface area (Å²) in [6.45, 7) is -0.0299. The van der Waals surface area contributed by atoms with Gasteiger partial charge in [0, 0.05) is 18.6 Å². The molecule has 82 valence electrons. The maximum Gasteiger partial charge on any atom is 0.328 e. The average Bonchev–Trinajstić information content (AvgIpc) is 2.13. The van der Waals surface area contributed by atoms with Crippen molar-refractivity contribution in [3.63, 3.8) is 0 Å². The first-order valence-corrected chi connectivity index (χ1v) is 4.75. The van der Waals surface area contributed by atoms with Gasteiger partial charge < -0.3 is 5.11 Å². The second kappa shape index (κ2) is 3.62. The van der Waals surface area contributed by atoms with Crippen molar-refractivity contribution in [1.29, 1.82) is 0 Å². The van der Waals surface area contributed by atoms with Crippen molar-refractivity contribution in [3.05, 3.63) is 32.9 Å². The lowest BCUT2D eigenvalue weighted by molar-refractivity contribution is 0.0933. The quantitative estimate of drug-likeness (QED) is 0.704. The Morgan fingerprint density at radius 1 is 1.53 bits per heavy atom. The van der Waals surface area contributed by atoms with E-state index in [4.69, 9.17) is 5.11 Å². The molecule has 0 spiro atoms. The minimum Gasteiger partial charge on any atom is -0.396 e. The number of hydrogen-bond donors (Lipinski definition) is 2. The van der Waals surface area contributed by atoms with Crippen molar-refractivity contribution in [2.75, 3.05) is 6.61 Å². The van der Waals surface area contributed by atoms with Crippen LogP contribution in [0.5, 0.6) is 0 Å². The van der Waals surface area contributed by atoms with E-state index in [1.807, 2.05) is 4.98 Å². The number of aromatic nitrogens is 2. The van der Waals surface area contributed by atoms with Crippen LogP contribution in [0.3, 0.4) is 0 Å². The fraction of sp³-hybridized carbons (Fsp3) is 0.556. The molecule has 0 saturated heterocycles. The molecule has 2 unspecified atom stereocenters. The first-order valence-electron chi connectivity index (χ1n) is 4.75. The first-order chi connectivity index (χ1) is 7.13. The number of halogens is 1. The number of rotatable bonds is 2. The van der Waals surface area contributed by atoms with Gasteiger partial charge in [0.15, 0.2) is 0 Å². The topological polar surface area (TPSA) is 75.1 Å². The van der Waals surface area contributed by atoms with Crippen LogP contribution in [0, 0.1) is 11.7 Å². The van der Waals surface area contributed by atoms with E-state index >= 15 is 0 Å². The van der Waals surface area contributed by atoms with Gasteiger partial charge in [-0.15, -0.1) is 0 Å². The van der Waals surface area contributed by atoms with E-state index in [0.717, 1.165) is 23.6 Å². The van der Waals surface area contributed by atoms with Gasteiger partial charge >= 0.3 is 5.69 Å². The molecule has 0 aliphatic heterocycles. The van der Waals surface area contributed by atoms with Crippen LogP contribution in [-0.4, -0.2) is 21.3 Å². The minimum atomic E-state index is -1.00. The van der Waals surface area contributed by atoms with E-state index < -0.39 is 17.1 Å². The smallest absolute Gasteiger partial charge is 0.328 e. The SMILES string of the molecule is O=c1[nH]c(=O)n(C2CCC2CO)cc1F. The van der Waals surface area contributed by atoms with Crippen molar-refractivity contribution in [2.45, 2.75) is 18.9 Å². The lowest BCUT2D eigenvalue weighted by Gasteiger charge is -2.36. The predicted octanol–water partition coefficient (Wildman–Crippen LogP) is -0.381. The molecule has 0 bridgehead atoms. The molecule has 0 amide bonds. The standard InChI is InChI=1S/C9H11FN2O3/c10-6-3-12(9(15)11-8(6)14)7-2-1-5(7)4-13/h3,5,7,13H,1-2,4H2,(H,11,14,15). The molecule has 1 aliphatic rings. The van der Waals surface area contributed by atoms with Gasteiger partial charge in [-0.3, -0.25) is 14.3 Å². The lowest BCUT2D eigenvalue weighted by atomic mass is 9.80. The first kappa shape index (κ1) is 10.1. The normalized spacial score (nSPS) is 24.9. The third-order valence-corrected chi connectivity index (χ3v) is 2.89. The second-order valence-corrected chi connectivity index (χ2v) is 3.73. The highest BCUT2D eigenvalue weighted by Gasteiger charge is 2.32. The summed E-state index contributed by atoms with van der Waals surface area (Å²) >= 11 is 0. The van der Waals surface area contributed by atoms with Gasteiger partial charge in [-0.05, 0) is 12.8 Å². The van der Waals surface area contributed by atoms with E-state index in [0.29, 0.717) is 0 Å². The van der Waals surface area contributed by atoms with E-state index in [-0.39, 0.29) is 18.6 Å². The third-order valence-electron chi connectivity index (χ3n) is 2.89. The van der Waals surface area contributed by atoms with Crippen LogP contribution in [0.25, 0.3) is 0 Å². The Morgan fingerprint density at radius 2 is 2.27 bits per heavy atom. The molecule has 1 saturated carbocycles. The van der Waals surface area contributed by atoms with Crippen LogP contribution >= 0.6 is 0 Å². The minimum absolute atomic E-state index is 0.0204. The van der Waals surface area contributed by atoms with Gasteiger partial charge in [0.1, 0.15) is 0 Å². The molecule has 6 heteroatoms. The fourth-order valence-corrected chi connectivity index (χ4v) is 1.84. The van der Waals surface area contributed by atoms with Gasteiger partial charge in [-0.25, -0.2) is 4.79 Å². The maximum absolute atomic E-state index is 12.9. The van der Waals surface area contributed by atoms with E-state index in [9.17, 15) is 14.0 Å². The monoisotopic (exact) mass is 214 g/mol. The second-order valence-electron chi connectivity index (χ2n) is 3.73. The summed E-state index contributed by atoms with van der Waals surface area (Å²) < 4.78 is 14.1. The highest BCUT2D eigenvalue weighted by molar-refractivity contribution is 4.94. The van der Waals surface area contributed by atoms with Gasteiger partial charge in [0.25, 0.3) is 5.56 Å². The molecule has 15 heavy (non-hydrogen) atoms. The predicted molar refractivity (Wildman–Crippen MR) is 50.1 cm³/mol. The van der Waals surface area contributed by atoms with Crippen molar-refractivity contribution in [3.8, 4) is 0 Å². The summed E-state index contributed by atoms with van der Waals surface area (Å²) in [5.74, 6) is -0.994. The molecule has 2 N–H and O–H groups in total. The van der Waals surface area contributed by atoms with Gasteiger partial charge in [-0.2, -0.15) is 4.39 Å². The summed E-state index contributed by atoms with van der Waals surface area (Å²) in [5, 5.41) is 8.95. The molecule has 0 aromatic carbocycles. The summed E-state index contributed by atoms with van der Waals surface area (Å²) in [6, 6.07) is -0.200. The summed E-state index contributed by atoms with van der Waals surface area (Å²) in [5.41, 5.74) is -1.62. The molecular formula is C9H11FN2O3. The van der Waals surface area contributed by atoms with Crippen molar-refractivity contribution in [1.82, 2.24) is 9.55 Å². The van der Waals surface area contributed by atoms with E-state index in [2.05, 4.69) is 0 Å². The van der Waals surface area contributed by atoms with Crippen molar-refractivity contribution < 1.29 is 9.50 Å². The molecule has 1 fully saturated rings. The Morgan fingerprint density at radius 3 is 2.80 bits per heavy atom. The van der Waals surface area contributed by atoms with E-state index in [1.54, 1.807) is 0 Å². The molecule has 0 radical (unpaired) electrons. The highest BCUT2D eigenvalue weighted by Crippen LogP contribution is 2.36. The number of H-pyrrole nitrogens is 1.